The van der Waals surface area contributed by atoms with Gasteiger partial charge >= 0.3 is 0 Å². The summed E-state index contributed by atoms with van der Waals surface area (Å²) in [6.07, 6.45) is 6.61. The molecule has 2 rings (SSSR count). The summed E-state index contributed by atoms with van der Waals surface area (Å²) in [4.78, 5) is 8.30. The van der Waals surface area contributed by atoms with Crippen LogP contribution in [0.1, 0.15) is 31.5 Å². The molecule has 1 saturated carbocycles. The predicted octanol–water partition coefficient (Wildman–Crippen LogP) is 0.780. The van der Waals surface area contributed by atoms with E-state index in [2.05, 4.69) is 20.4 Å². The molecule has 0 unspecified atom stereocenters. The zero-order valence-electron chi connectivity index (χ0n) is 9.96. The van der Waals surface area contributed by atoms with E-state index in [1.165, 1.54) is 25.7 Å². The molecule has 96 valence electrons. The van der Waals surface area contributed by atoms with Gasteiger partial charge < -0.3 is 11.1 Å². The maximum absolute atomic E-state index is 5.78. The van der Waals surface area contributed by atoms with E-state index in [4.69, 9.17) is 5.73 Å². The molecule has 1 aliphatic rings. The molecule has 0 aliphatic heterocycles. The first-order valence-corrected chi connectivity index (χ1v) is 5.65. The van der Waals surface area contributed by atoms with E-state index in [0.29, 0.717) is 24.4 Å². The van der Waals surface area contributed by atoms with Crippen molar-refractivity contribution in [3.05, 3.63) is 12.2 Å². The number of nitrogens with one attached hydrogen (secondary N) is 1. The van der Waals surface area contributed by atoms with Gasteiger partial charge in [0.05, 0.1) is 0 Å². The lowest BCUT2D eigenvalue weighted by Crippen LogP contribution is -2.38. The van der Waals surface area contributed by atoms with E-state index in [1.807, 2.05) is 7.05 Å². The molecule has 0 saturated heterocycles. The number of hydrogen-bond acceptors (Lipinski definition) is 3. The van der Waals surface area contributed by atoms with Crippen LogP contribution in [-0.4, -0.2) is 26.8 Å². The Balaban J connectivity index is 0.00000144. The lowest BCUT2D eigenvalue weighted by molar-refractivity contribution is 0.624. The van der Waals surface area contributed by atoms with Gasteiger partial charge in [-0.3, -0.25) is 4.68 Å². The molecule has 3 N–H and O–H groups in total. The normalized spacial score (nSPS) is 16.9. The van der Waals surface area contributed by atoms with E-state index >= 15 is 0 Å². The Kier molecular flexibility index (Phi) is 5.66. The number of aryl methyl sites for hydroxylation is 1. The van der Waals surface area contributed by atoms with Crippen molar-refractivity contribution in [2.24, 2.45) is 17.8 Å². The molecule has 1 aliphatic carbocycles. The molecule has 0 bridgehead atoms. The largest absolute Gasteiger partial charge is 0.370 e. The molecule has 1 heterocycles. The maximum atomic E-state index is 5.78. The molecule has 1 aromatic rings. The highest BCUT2D eigenvalue weighted by Gasteiger charge is 2.14. The van der Waals surface area contributed by atoms with Gasteiger partial charge in [0.2, 0.25) is 0 Å². The molecule has 6 nitrogen and oxygen atoms in total. The van der Waals surface area contributed by atoms with Gasteiger partial charge in [0.15, 0.2) is 11.8 Å². The van der Waals surface area contributed by atoms with Crippen molar-refractivity contribution in [3.63, 3.8) is 0 Å². The summed E-state index contributed by atoms with van der Waals surface area (Å²) in [6, 6.07) is 0.500. The van der Waals surface area contributed by atoms with Gasteiger partial charge in [0, 0.05) is 13.1 Å². The van der Waals surface area contributed by atoms with Crippen LogP contribution < -0.4 is 11.1 Å². The highest BCUT2D eigenvalue weighted by atomic mass is 127. The minimum atomic E-state index is 0. The smallest absolute Gasteiger partial charge is 0.189 e. The Hall–Kier alpha value is -0.860. The van der Waals surface area contributed by atoms with Gasteiger partial charge in [-0.05, 0) is 12.8 Å². The average Bonchev–Trinajstić information content (AvgIpc) is 2.87. The molecule has 0 spiro atoms. The third-order valence-electron chi connectivity index (χ3n) is 2.75. The summed E-state index contributed by atoms with van der Waals surface area (Å²) in [7, 11) is 1.83. The first-order valence-electron chi connectivity index (χ1n) is 5.65. The number of aliphatic imine (C=N–C) groups is 1. The van der Waals surface area contributed by atoms with Gasteiger partial charge in [0.1, 0.15) is 12.9 Å². The van der Waals surface area contributed by atoms with Gasteiger partial charge in [-0.2, -0.15) is 5.10 Å². The molecule has 1 aromatic heterocycles. The maximum Gasteiger partial charge on any atom is 0.189 e. The van der Waals surface area contributed by atoms with Crippen LogP contribution in [-0.2, 0) is 13.6 Å². The number of halogens is 1. The van der Waals surface area contributed by atoms with Crippen molar-refractivity contribution in [2.45, 2.75) is 38.3 Å². The van der Waals surface area contributed by atoms with Crippen molar-refractivity contribution >= 4 is 29.9 Å². The van der Waals surface area contributed by atoms with Crippen molar-refractivity contribution in [1.29, 1.82) is 0 Å². The number of nitrogens with two attached hydrogens (primary N) is 1. The second-order valence-electron chi connectivity index (χ2n) is 4.16. The van der Waals surface area contributed by atoms with Gasteiger partial charge in [-0.25, -0.2) is 9.98 Å². The second-order valence-corrected chi connectivity index (χ2v) is 4.16. The number of guanidine groups is 1. The Bertz CT molecular complexity index is 369. The third-order valence-corrected chi connectivity index (χ3v) is 2.75. The zero-order valence-corrected chi connectivity index (χ0v) is 12.3. The Morgan fingerprint density at radius 2 is 2.29 bits per heavy atom. The van der Waals surface area contributed by atoms with Crippen LogP contribution in [0, 0.1) is 0 Å². The molecule has 0 atom stereocenters. The fraction of sp³-hybridized carbons (Fsp3) is 0.700. The number of aromatic nitrogens is 3. The summed E-state index contributed by atoms with van der Waals surface area (Å²) < 4.78 is 1.66. The highest BCUT2D eigenvalue weighted by Crippen LogP contribution is 2.17. The summed E-state index contributed by atoms with van der Waals surface area (Å²) in [5.41, 5.74) is 5.78. The minimum Gasteiger partial charge on any atom is -0.370 e. The highest BCUT2D eigenvalue weighted by molar-refractivity contribution is 14.0. The average molecular weight is 350 g/mol. The molecule has 0 aromatic carbocycles. The van der Waals surface area contributed by atoms with Crippen molar-refractivity contribution in [2.75, 3.05) is 0 Å². The number of rotatable bonds is 3. The van der Waals surface area contributed by atoms with Crippen LogP contribution in [0.5, 0.6) is 0 Å². The van der Waals surface area contributed by atoms with Crippen LogP contribution >= 0.6 is 24.0 Å². The van der Waals surface area contributed by atoms with Crippen LogP contribution in [0.3, 0.4) is 0 Å². The van der Waals surface area contributed by atoms with E-state index in [0.717, 1.165) is 0 Å². The summed E-state index contributed by atoms with van der Waals surface area (Å²) in [5, 5.41) is 7.35. The predicted molar refractivity (Wildman–Crippen MR) is 77.1 cm³/mol. The third kappa shape index (κ3) is 4.49. The standard InChI is InChI=1S/C10H18N6.HI/c1-16-7-13-9(15-16)6-12-10(11)14-8-4-2-3-5-8;/h7-8H,2-6H2,1H3,(H3,11,12,14);1H. The topological polar surface area (TPSA) is 81.1 Å². The summed E-state index contributed by atoms with van der Waals surface area (Å²) in [5.74, 6) is 1.19. The number of hydrogen-bond donors (Lipinski definition) is 2. The fourth-order valence-corrected chi connectivity index (χ4v) is 1.94. The van der Waals surface area contributed by atoms with Gasteiger partial charge in [0.25, 0.3) is 0 Å². The molecule has 7 heteroatoms. The monoisotopic (exact) mass is 350 g/mol. The first-order chi connectivity index (χ1) is 7.74. The lowest BCUT2D eigenvalue weighted by atomic mass is 10.2. The lowest BCUT2D eigenvalue weighted by Gasteiger charge is -2.11. The molecular formula is C10H19IN6. The van der Waals surface area contributed by atoms with Crippen molar-refractivity contribution < 1.29 is 0 Å². The Morgan fingerprint density at radius 3 is 2.88 bits per heavy atom. The van der Waals surface area contributed by atoms with Crippen LogP contribution in [0.2, 0.25) is 0 Å². The molecule has 17 heavy (non-hydrogen) atoms. The van der Waals surface area contributed by atoms with E-state index < -0.39 is 0 Å². The van der Waals surface area contributed by atoms with E-state index in [1.54, 1.807) is 11.0 Å². The van der Waals surface area contributed by atoms with Crippen LogP contribution in [0.25, 0.3) is 0 Å². The van der Waals surface area contributed by atoms with Gasteiger partial charge in [-0.15, -0.1) is 24.0 Å². The molecule has 0 radical (unpaired) electrons. The Morgan fingerprint density at radius 1 is 1.59 bits per heavy atom. The molecule has 1 fully saturated rings. The molecule has 0 amide bonds. The number of nitrogens with zero attached hydrogens (tertiary/aromatic N) is 4. The van der Waals surface area contributed by atoms with Crippen molar-refractivity contribution in [1.82, 2.24) is 20.1 Å². The Labute approximate surface area is 118 Å². The van der Waals surface area contributed by atoms with Crippen LogP contribution in [0.15, 0.2) is 11.3 Å². The molecular weight excluding hydrogens is 331 g/mol. The SMILES string of the molecule is Cn1cnc(CN=C(N)NC2CCCC2)n1.I. The quantitative estimate of drug-likeness (QED) is 0.480. The van der Waals surface area contributed by atoms with E-state index in [9.17, 15) is 0 Å². The van der Waals surface area contributed by atoms with E-state index in [-0.39, 0.29) is 24.0 Å². The zero-order chi connectivity index (χ0) is 11.4. The second kappa shape index (κ2) is 6.77. The van der Waals surface area contributed by atoms with Crippen molar-refractivity contribution in [3.8, 4) is 0 Å². The first kappa shape index (κ1) is 14.2. The van der Waals surface area contributed by atoms with Crippen LogP contribution in [0.4, 0.5) is 0 Å². The minimum absolute atomic E-state index is 0. The summed E-state index contributed by atoms with van der Waals surface area (Å²) >= 11 is 0. The van der Waals surface area contributed by atoms with Gasteiger partial charge in [-0.1, -0.05) is 12.8 Å². The summed E-state index contributed by atoms with van der Waals surface area (Å²) in [6.45, 7) is 0.437. The fourth-order valence-electron chi connectivity index (χ4n) is 1.94.